The van der Waals surface area contributed by atoms with Gasteiger partial charge in [-0.1, -0.05) is 59.7 Å². The van der Waals surface area contributed by atoms with Crippen LogP contribution in [0, 0.1) is 41.5 Å². The van der Waals surface area contributed by atoms with Crippen molar-refractivity contribution in [2.75, 3.05) is 0 Å². The fourth-order valence-corrected chi connectivity index (χ4v) is 5.54. The molecule has 3 aromatic carbocycles. The maximum absolute atomic E-state index is 13.4. The Labute approximate surface area is 225 Å². The number of benzene rings is 3. The maximum atomic E-state index is 13.4. The first-order valence-corrected chi connectivity index (χ1v) is 11.9. The van der Waals surface area contributed by atoms with Crippen molar-refractivity contribution in [2.45, 2.75) is 48.0 Å². The van der Waals surface area contributed by atoms with E-state index in [9.17, 15) is 9.59 Å². The Hall–Kier alpha value is -3.26. The zero-order valence-electron chi connectivity index (χ0n) is 21.4. The Balaban J connectivity index is 0.00000304. The molecule has 0 fully saturated rings. The van der Waals surface area contributed by atoms with Crippen molar-refractivity contribution in [2.24, 2.45) is 9.98 Å². The first-order valence-electron chi connectivity index (χ1n) is 11.9. The van der Waals surface area contributed by atoms with Gasteiger partial charge < -0.3 is 0 Å². The summed E-state index contributed by atoms with van der Waals surface area (Å²) in [6.45, 7) is 12.5. The molecule has 5 rings (SSSR count). The molecule has 5 heteroatoms. The molecule has 36 heavy (non-hydrogen) atoms. The molecule has 0 N–H and O–H groups in total. The van der Waals surface area contributed by atoms with Crippen molar-refractivity contribution >= 4 is 23.0 Å². The van der Waals surface area contributed by atoms with Crippen LogP contribution in [-0.2, 0) is 20.4 Å². The molecule has 4 nitrogen and oxygen atoms in total. The summed E-state index contributed by atoms with van der Waals surface area (Å²) in [7, 11) is 0. The zero-order chi connectivity index (χ0) is 25.0. The Kier molecular flexibility index (Phi) is 6.93. The summed E-state index contributed by atoms with van der Waals surface area (Å²) >= 11 is 0. The van der Waals surface area contributed by atoms with Crippen molar-refractivity contribution in [1.82, 2.24) is 0 Å². The van der Waals surface area contributed by atoms with Gasteiger partial charge in [-0.25, -0.2) is 9.98 Å². The molecule has 3 aromatic rings. The second-order valence-electron chi connectivity index (χ2n) is 9.75. The van der Waals surface area contributed by atoms with Gasteiger partial charge >= 0.3 is 0 Å². The number of hydrogen-bond acceptors (Lipinski definition) is 4. The summed E-state index contributed by atoms with van der Waals surface area (Å²) in [6.07, 6.45) is 0.0104. The SMILES string of the molecule is Cc1cc(C)c(C2=NC(=C3CC(=O)c4ccccc4C3=O)N=C2c2c(C)cc(C)cc2C)c(C)c1.[Pd]. The number of hydrogen-bond donors (Lipinski definition) is 0. The van der Waals surface area contributed by atoms with Gasteiger partial charge in [0.25, 0.3) is 0 Å². The molecule has 0 amide bonds. The zero-order valence-corrected chi connectivity index (χ0v) is 22.9. The number of fused-ring (bicyclic) bond motifs is 1. The van der Waals surface area contributed by atoms with Gasteiger partial charge in [-0.05, 0) is 63.8 Å². The van der Waals surface area contributed by atoms with E-state index in [2.05, 4.69) is 65.8 Å². The van der Waals surface area contributed by atoms with E-state index in [1.807, 2.05) is 0 Å². The molecule has 0 aromatic heterocycles. The van der Waals surface area contributed by atoms with E-state index >= 15 is 0 Å². The summed E-state index contributed by atoms with van der Waals surface area (Å²) in [4.78, 5) is 36.3. The molecule has 0 radical (unpaired) electrons. The van der Waals surface area contributed by atoms with E-state index in [4.69, 9.17) is 9.98 Å². The Bertz CT molecular complexity index is 1430. The summed E-state index contributed by atoms with van der Waals surface area (Å²) in [5, 5.41) is 0. The monoisotopic (exact) mass is 566 g/mol. The average molecular weight is 567 g/mol. The van der Waals surface area contributed by atoms with Crippen LogP contribution in [0.3, 0.4) is 0 Å². The molecule has 0 unspecified atom stereocenters. The van der Waals surface area contributed by atoms with Crippen LogP contribution in [-0.4, -0.2) is 23.0 Å². The van der Waals surface area contributed by atoms with Crippen LogP contribution in [0.15, 0.2) is 69.9 Å². The van der Waals surface area contributed by atoms with Gasteiger partial charge in [0.15, 0.2) is 17.4 Å². The number of nitrogens with zero attached hydrogens (tertiary/aromatic N) is 2. The maximum Gasteiger partial charge on any atom is 0.193 e. The van der Waals surface area contributed by atoms with Gasteiger partial charge in [0, 0.05) is 49.1 Å². The second-order valence-corrected chi connectivity index (χ2v) is 9.75. The van der Waals surface area contributed by atoms with Crippen molar-refractivity contribution in [3.05, 3.63) is 116 Å². The summed E-state index contributed by atoms with van der Waals surface area (Å²) in [6, 6.07) is 15.6. The molecule has 2 aliphatic rings. The molecule has 1 aliphatic heterocycles. The Morgan fingerprint density at radius 3 is 1.50 bits per heavy atom. The molecule has 0 atom stereocenters. The van der Waals surface area contributed by atoms with Crippen LogP contribution in [0.5, 0.6) is 0 Å². The molecule has 1 heterocycles. The number of ketones is 2. The normalized spacial score (nSPS) is 14.9. The minimum absolute atomic E-state index is 0. The number of allylic oxidation sites excluding steroid dienone is 1. The molecular formula is C31H28N2O2Pd. The van der Waals surface area contributed by atoms with E-state index < -0.39 is 0 Å². The largest absolute Gasteiger partial charge is 0.294 e. The number of aliphatic imine (C=N–C) groups is 2. The molecule has 0 saturated carbocycles. The predicted molar refractivity (Wildman–Crippen MR) is 141 cm³/mol. The van der Waals surface area contributed by atoms with Crippen molar-refractivity contribution < 1.29 is 30.0 Å². The average Bonchev–Trinajstić information content (AvgIpc) is 3.19. The van der Waals surface area contributed by atoms with E-state index in [1.165, 1.54) is 11.1 Å². The van der Waals surface area contributed by atoms with Crippen LogP contribution in [0.2, 0.25) is 0 Å². The first-order chi connectivity index (χ1) is 16.7. The molecule has 184 valence electrons. The third-order valence-corrected chi connectivity index (χ3v) is 6.84. The smallest absolute Gasteiger partial charge is 0.193 e. The predicted octanol–water partition coefficient (Wildman–Crippen LogP) is 6.51. The number of Topliss-reactive ketones (excluding diaryl/α,β-unsaturated/α-hetero) is 2. The van der Waals surface area contributed by atoms with Gasteiger partial charge in [0.1, 0.15) is 0 Å². The summed E-state index contributed by atoms with van der Waals surface area (Å²) < 4.78 is 0. The number of rotatable bonds is 2. The van der Waals surface area contributed by atoms with Gasteiger partial charge in [-0.2, -0.15) is 0 Å². The van der Waals surface area contributed by atoms with Crippen molar-refractivity contribution in [3.8, 4) is 0 Å². The number of carbonyl (C=O) groups is 2. The van der Waals surface area contributed by atoms with Crippen LogP contribution in [0.1, 0.15) is 71.6 Å². The van der Waals surface area contributed by atoms with E-state index in [0.29, 0.717) is 22.5 Å². The topological polar surface area (TPSA) is 58.9 Å². The van der Waals surface area contributed by atoms with Gasteiger partial charge in [0.05, 0.1) is 17.0 Å². The molecular weight excluding hydrogens is 539 g/mol. The first kappa shape index (κ1) is 25.8. The van der Waals surface area contributed by atoms with Crippen LogP contribution < -0.4 is 0 Å². The standard InChI is InChI=1S/C31H28N2O2.Pd/c1-16-11-18(3)26(19(4)12-16)28-29(27-20(5)13-17(2)14-21(27)6)33-31(32-28)24-15-25(34)22-9-7-8-10-23(22)30(24)35;/h7-14H,15H2,1-6H3;. The molecule has 0 bridgehead atoms. The summed E-state index contributed by atoms with van der Waals surface area (Å²) in [5.74, 6) is 0.105. The third kappa shape index (κ3) is 4.28. The second kappa shape index (κ2) is 9.65. The Morgan fingerprint density at radius 1 is 0.639 bits per heavy atom. The van der Waals surface area contributed by atoms with Crippen LogP contribution >= 0.6 is 0 Å². The van der Waals surface area contributed by atoms with Crippen LogP contribution in [0.4, 0.5) is 0 Å². The Morgan fingerprint density at radius 2 is 1.06 bits per heavy atom. The van der Waals surface area contributed by atoms with Crippen LogP contribution in [0.25, 0.3) is 0 Å². The van der Waals surface area contributed by atoms with Crippen molar-refractivity contribution in [3.63, 3.8) is 0 Å². The van der Waals surface area contributed by atoms with Gasteiger partial charge in [-0.3, -0.25) is 9.59 Å². The molecule has 1 aliphatic carbocycles. The fraction of sp³-hybridized carbons (Fsp3) is 0.226. The molecule has 0 spiro atoms. The minimum Gasteiger partial charge on any atom is -0.294 e. The minimum atomic E-state index is -0.169. The van der Waals surface area contributed by atoms with Crippen molar-refractivity contribution in [1.29, 1.82) is 0 Å². The van der Waals surface area contributed by atoms with E-state index in [1.54, 1.807) is 24.3 Å². The van der Waals surface area contributed by atoms with Gasteiger partial charge in [-0.15, -0.1) is 0 Å². The quantitative estimate of drug-likeness (QED) is 0.262. The number of aryl methyl sites for hydroxylation is 6. The van der Waals surface area contributed by atoms with E-state index in [-0.39, 0.29) is 38.4 Å². The summed E-state index contributed by atoms with van der Waals surface area (Å²) in [5.41, 5.74) is 11.7. The molecule has 0 saturated heterocycles. The fourth-order valence-electron chi connectivity index (χ4n) is 5.54. The third-order valence-electron chi connectivity index (χ3n) is 6.84. The number of carbonyl (C=O) groups excluding carboxylic acids is 2. The van der Waals surface area contributed by atoms with E-state index in [0.717, 1.165) is 44.8 Å². The van der Waals surface area contributed by atoms with Gasteiger partial charge in [0.2, 0.25) is 0 Å².